The average molecular weight is 243 g/mol. The van der Waals surface area contributed by atoms with Crippen LogP contribution < -0.4 is 5.73 Å². The lowest BCUT2D eigenvalue weighted by Gasteiger charge is -2.13. The maximum absolute atomic E-state index is 5.79. The van der Waals surface area contributed by atoms with Crippen molar-refractivity contribution in [2.24, 2.45) is 5.73 Å². The molecular formula is C15H21N3. The summed E-state index contributed by atoms with van der Waals surface area (Å²) in [7, 11) is 0. The van der Waals surface area contributed by atoms with Crippen LogP contribution in [0.3, 0.4) is 0 Å². The minimum Gasteiger partial charge on any atom is -0.326 e. The Hall–Kier alpha value is -1.61. The molecule has 0 bridgehead atoms. The maximum atomic E-state index is 5.79. The second-order valence-electron chi connectivity index (χ2n) is 5.01. The fourth-order valence-electron chi connectivity index (χ4n) is 2.69. The number of aromatic nitrogens is 2. The molecule has 0 spiro atoms. The highest BCUT2D eigenvalue weighted by Gasteiger charge is 2.14. The number of nitrogens with zero attached hydrogens (tertiary/aromatic N) is 2. The molecule has 18 heavy (non-hydrogen) atoms. The van der Waals surface area contributed by atoms with Gasteiger partial charge in [0.15, 0.2) is 0 Å². The van der Waals surface area contributed by atoms with Crippen LogP contribution >= 0.6 is 0 Å². The molecule has 0 fully saturated rings. The molecule has 1 heterocycles. The third-order valence-electron chi connectivity index (χ3n) is 3.49. The van der Waals surface area contributed by atoms with Gasteiger partial charge in [-0.1, -0.05) is 17.7 Å². The molecule has 1 aromatic carbocycles. The number of hydrogen-bond donors (Lipinski definition) is 1. The van der Waals surface area contributed by atoms with Crippen molar-refractivity contribution in [3.63, 3.8) is 0 Å². The van der Waals surface area contributed by atoms with E-state index in [0.717, 1.165) is 17.0 Å². The first kappa shape index (κ1) is 12.8. The summed E-state index contributed by atoms with van der Waals surface area (Å²) in [5.41, 5.74) is 14.1. The first-order valence-corrected chi connectivity index (χ1v) is 6.29. The minimum absolute atomic E-state index is 0.543. The summed E-state index contributed by atoms with van der Waals surface area (Å²) in [5.74, 6) is 0. The van der Waals surface area contributed by atoms with Crippen LogP contribution in [0.4, 0.5) is 0 Å². The van der Waals surface area contributed by atoms with Gasteiger partial charge >= 0.3 is 0 Å². The van der Waals surface area contributed by atoms with Gasteiger partial charge in [-0.25, -0.2) is 4.68 Å². The van der Waals surface area contributed by atoms with Crippen molar-refractivity contribution in [2.45, 2.75) is 41.2 Å². The summed E-state index contributed by atoms with van der Waals surface area (Å²) in [6, 6.07) is 4.39. The number of hydrogen-bond acceptors (Lipinski definition) is 2. The number of aryl methyl sites for hydroxylation is 4. The van der Waals surface area contributed by atoms with Crippen molar-refractivity contribution in [3.05, 3.63) is 45.8 Å². The molecule has 0 amide bonds. The topological polar surface area (TPSA) is 43.8 Å². The first-order chi connectivity index (χ1) is 8.45. The predicted molar refractivity (Wildman–Crippen MR) is 75.1 cm³/mol. The van der Waals surface area contributed by atoms with Crippen LogP contribution in [0, 0.1) is 34.6 Å². The van der Waals surface area contributed by atoms with Crippen molar-refractivity contribution in [1.29, 1.82) is 0 Å². The van der Waals surface area contributed by atoms with Gasteiger partial charge in [0.1, 0.15) is 0 Å². The van der Waals surface area contributed by atoms with Crippen molar-refractivity contribution in [2.75, 3.05) is 0 Å². The molecule has 3 nitrogen and oxygen atoms in total. The fourth-order valence-corrected chi connectivity index (χ4v) is 2.69. The first-order valence-electron chi connectivity index (χ1n) is 6.29. The lowest BCUT2D eigenvalue weighted by Crippen LogP contribution is -2.06. The van der Waals surface area contributed by atoms with Gasteiger partial charge in [-0.15, -0.1) is 0 Å². The lowest BCUT2D eigenvalue weighted by molar-refractivity contribution is 0.819. The number of benzene rings is 1. The quantitative estimate of drug-likeness (QED) is 0.881. The van der Waals surface area contributed by atoms with E-state index in [9.17, 15) is 0 Å². The van der Waals surface area contributed by atoms with Crippen LogP contribution in [0.2, 0.25) is 0 Å². The van der Waals surface area contributed by atoms with Crippen LogP contribution in [0.25, 0.3) is 5.69 Å². The largest absolute Gasteiger partial charge is 0.326 e. The van der Waals surface area contributed by atoms with Gasteiger partial charge in [0.2, 0.25) is 0 Å². The number of nitrogens with two attached hydrogens (primary N) is 1. The molecule has 0 saturated heterocycles. The Labute approximate surface area is 109 Å². The van der Waals surface area contributed by atoms with Crippen LogP contribution in [-0.2, 0) is 6.54 Å². The zero-order valence-corrected chi connectivity index (χ0v) is 11.8. The number of rotatable bonds is 2. The van der Waals surface area contributed by atoms with E-state index >= 15 is 0 Å². The SMILES string of the molecule is Cc1cc(C)c(-n2nc(C)c(CN)c2C)c(C)c1. The van der Waals surface area contributed by atoms with Gasteiger partial charge in [0, 0.05) is 17.8 Å². The molecule has 0 unspecified atom stereocenters. The van der Waals surface area contributed by atoms with Crippen molar-refractivity contribution >= 4 is 0 Å². The standard InChI is InChI=1S/C15H21N3/c1-9-6-10(2)15(11(3)7-9)18-13(5)14(8-16)12(4)17-18/h6-7H,8,16H2,1-5H3. The Morgan fingerprint density at radius 3 is 2.06 bits per heavy atom. The summed E-state index contributed by atoms with van der Waals surface area (Å²) in [5, 5.41) is 4.64. The van der Waals surface area contributed by atoms with E-state index < -0.39 is 0 Å². The Bertz CT molecular complexity index is 571. The normalized spacial score (nSPS) is 11.0. The van der Waals surface area contributed by atoms with Crippen LogP contribution in [0.5, 0.6) is 0 Å². The molecule has 0 radical (unpaired) electrons. The molecule has 96 valence electrons. The summed E-state index contributed by atoms with van der Waals surface area (Å²) in [6.45, 7) is 11.0. The van der Waals surface area contributed by atoms with Crippen LogP contribution in [0.1, 0.15) is 33.6 Å². The monoisotopic (exact) mass is 243 g/mol. The van der Waals surface area contributed by atoms with Gasteiger partial charge in [-0.2, -0.15) is 5.10 Å². The Kier molecular flexibility index (Phi) is 3.26. The summed E-state index contributed by atoms with van der Waals surface area (Å²) in [6.07, 6.45) is 0. The van der Waals surface area contributed by atoms with Crippen molar-refractivity contribution in [1.82, 2.24) is 9.78 Å². The zero-order chi connectivity index (χ0) is 13.4. The van der Waals surface area contributed by atoms with E-state index in [-0.39, 0.29) is 0 Å². The van der Waals surface area contributed by atoms with E-state index in [1.165, 1.54) is 22.4 Å². The molecule has 0 atom stereocenters. The fraction of sp³-hybridized carbons (Fsp3) is 0.400. The van der Waals surface area contributed by atoms with Gasteiger partial charge in [-0.05, 0) is 45.7 Å². The van der Waals surface area contributed by atoms with Gasteiger partial charge in [-0.3, -0.25) is 0 Å². The molecule has 0 saturated carbocycles. The molecule has 2 N–H and O–H groups in total. The lowest BCUT2D eigenvalue weighted by atomic mass is 10.0. The van der Waals surface area contributed by atoms with E-state index in [1.807, 2.05) is 11.6 Å². The second kappa shape index (κ2) is 4.58. The Morgan fingerprint density at radius 1 is 1.06 bits per heavy atom. The van der Waals surface area contributed by atoms with Crippen LogP contribution in [-0.4, -0.2) is 9.78 Å². The molecular weight excluding hydrogens is 222 g/mol. The van der Waals surface area contributed by atoms with Crippen molar-refractivity contribution in [3.8, 4) is 5.69 Å². The van der Waals surface area contributed by atoms with E-state index in [0.29, 0.717) is 6.54 Å². The van der Waals surface area contributed by atoms with Crippen molar-refractivity contribution < 1.29 is 0 Å². The third kappa shape index (κ3) is 1.95. The summed E-state index contributed by atoms with van der Waals surface area (Å²) >= 11 is 0. The molecule has 1 aromatic heterocycles. The summed E-state index contributed by atoms with van der Waals surface area (Å²) < 4.78 is 2.03. The van der Waals surface area contributed by atoms with E-state index in [2.05, 4.69) is 44.9 Å². The van der Waals surface area contributed by atoms with E-state index in [1.54, 1.807) is 0 Å². The second-order valence-corrected chi connectivity index (χ2v) is 5.01. The molecule has 2 aromatic rings. The van der Waals surface area contributed by atoms with Gasteiger partial charge < -0.3 is 5.73 Å². The zero-order valence-electron chi connectivity index (χ0n) is 11.8. The Balaban J connectivity index is 2.70. The molecule has 0 aliphatic carbocycles. The summed E-state index contributed by atoms with van der Waals surface area (Å²) in [4.78, 5) is 0. The van der Waals surface area contributed by atoms with Gasteiger partial charge in [0.05, 0.1) is 11.4 Å². The molecule has 0 aliphatic rings. The van der Waals surface area contributed by atoms with Gasteiger partial charge in [0.25, 0.3) is 0 Å². The average Bonchev–Trinajstić information content (AvgIpc) is 2.53. The third-order valence-corrected chi connectivity index (χ3v) is 3.49. The minimum atomic E-state index is 0.543. The maximum Gasteiger partial charge on any atom is 0.0707 e. The highest BCUT2D eigenvalue weighted by atomic mass is 15.3. The Morgan fingerprint density at radius 2 is 1.61 bits per heavy atom. The van der Waals surface area contributed by atoms with E-state index in [4.69, 9.17) is 5.73 Å². The van der Waals surface area contributed by atoms with Crippen LogP contribution in [0.15, 0.2) is 12.1 Å². The smallest absolute Gasteiger partial charge is 0.0707 e. The highest BCUT2D eigenvalue weighted by Crippen LogP contribution is 2.24. The predicted octanol–water partition coefficient (Wildman–Crippen LogP) is 2.87. The highest BCUT2D eigenvalue weighted by molar-refractivity contribution is 5.50. The molecule has 2 rings (SSSR count). The molecule has 3 heteroatoms. The molecule has 0 aliphatic heterocycles.